The quantitative estimate of drug-likeness (QED) is 0.691. The smallest absolute Gasteiger partial charge is 0.389 e. The van der Waals surface area contributed by atoms with Crippen LogP contribution in [0.3, 0.4) is 0 Å². The molecule has 0 unspecified atom stereocenters. The van der Waals surface area contributed by atoms with Gasteiger partial charge in [-0.25, -0.2) is 0 Å². The summed E-state index contributed by atoms with van der Waals surface area (Å²) in [5, 5.41) is 16.4. The van der Waals surface area contributed by atoms with Gasteiger partial charge in [-0.3, -0.25) is 0 Å². The fraction of sp³-hybridized carbons (Fsp3) is 0.833. The summed E-state index contributed by atoms with van der Waals surface area (Å²) in [4.78, 5) is 0. The molecule has 0 heterocycles. The molecule has 0 spiro atoms. The summed E-state index contributed by atoms with van der Waals surface area (Å²) in [6.07, 6.45) is -5.63. The summed E-state index contributed by atoms with van der Waals surface area (Å²) in [6, 6.07) is 1.58. The molecule has 0 radical (unpaired) electrons. The van der Waals surface area contributed by atoms with E-state index in [1.54, 1.807) is 6.07 Å². The van der Waals surface area contributed by atoms with Gasteiger partial charge < -0.3 is 5.11 Å². The first-order valence-corrected chi connectivity index (χ1v) is 3.04. The second-order valence-corrected chi connectivity index (χ2v) is 2.23. The standard InChI is InChI=1S/C6H8F3NO/c7-6(8,9)3-5(4-11)1-2-10/h5,11H,1,3-4H2/t5-/m0/s1. The Kier molecular flexibility index (Phi) is 3.90. The van der Waals surface area contributed by atoms with E-state index in [-0.39, 0.29) is 6.42 Å². The normalized spacial score (nSPS) is 14.1. The van der Waals surface area contributed by atoms with Gasteiger partial charge in [0, 0.05) is 25.4 Å². The molecule has 0 aliphatic heterocycles. The van der Waals surface area contributed by atoms with Crippen LogP contribution in [-0.2, 0) is 0 Å². The Bertz CT molecular complexity index is 149. The molecule has 0 fully saturated rings. The molecule has 1 N–H and O–H groups in total. The second kappa shape index (κ2) is 4.19. The number of nitriles is 1. The Morgan fingerprint density at radius 2 is 2.00 bits per heavy atom. The van der Waals surface area contributed by atoms with Crippen LogP contribution >= 0.6 is 0 Å². The van der Waals surface area contributed by atoms with Crippen LogP contribution in [0.25, 0.3) is 0 Å². The topological polar surface area (TPSA) is 44.0 Å². The lowest BCUT2D eigenvalue weighted by molar-refractivity contribution is -0.146. The van der Waals surface area contributed by atoms with Crippen molar-refractivity contribution in [3.05, 3.63) is 0 Å². The number of alkyl halides is 3. The van der Waals surface area contributed by atoms with Gasteiger partial charge in [-0.15, -0.1) is 0 Å². The Labute approximate surface area is 62.2 Å². The predicted octanol–water partition coefficient (Wildman–Crippen LogP) is 1.46. The first kappa shape index (κ1) is 10.2. The van der Waals surface area contributed by atoms with Crippen LogP contribution in [0.4, 0.5) is 13.2 Å². The van der Waals surface area contributed by atoms with E-state index in [1.807, 2.05) is 0 Å². The molecule has 2 nitrogen and oxygen atoms in total. The first-order chi connectivity index (χ1) is 4.99. The third kappa shape index (κ3) is 5.67. The highest BCUT2D eigenvalue weighted by atomic mass is 19.4. The zero-order valence-corrected chi connectivity index (χ0v) is 5.73. The number of aliphatic hydroxyl groups is 1. The Hall–Kier alpha value is -0.760. The first-order valence-electron chi connectivity index (χ1n) is 3.04. The van der Waals surface area contributed by atoms with Crippen molar-refractivity contribution in [3.63, 3.8) is 0 Å². The molecule has 0 rings (SSSR count). The molecule has 5 heteroatoms. The number of halogens is 3. The molecule has 0 aliphatic rings. The molecule has 0 aromatic heterocycles. The molecule has 0 amide bonds. The number of hydrogen-bond donors (Lipinski definition) is 1. The van der Waals surface area contributed by atoms with Crippen LogP contribution < -0.4 is 0 Å². The lowest BCUT2D eigenvalue weighted by Crippen LogP contribution is -2.17. The van der Waals surface area contributed by atoms with E-state index >= 15 is 0 Å². The third-order valence-corrected chi connectivity index (χ3v) is 1.16. The van der Waals surface area contributed by atoms with Crippen molar-refractivity contribution >= 4 is 0 Å². The lowest BCUT2D eigenvalue weighted by atomic mass is 10.0. The van der Waals surface area contributed by atoms with Crippen LogP contribution in [0.15, 0.2) is 0 Å². The fourth-order valence-electron chi connectivity index (χ4n) is 0.658. The highest BCUT2D eigenvalue weighted by Crippen LogP contribution is 2.25. The number of rotatable bonds is 3. The number of aliphatic hydroxyl groups excluding tert-OH is 1. The maximum Gasteiger partial charge on any atom is 0.389 e. The second-order valence-electron chi connectivity index (χ2n) is 2.23. The molecular weight excluding hydrogens is 159 g/mol. The predicted molar refractivity (Wildman–Crippen MR) is 31.5 cm³/mol. The van der Waals surface area contributed by atoms with Crippen molar-refractivity contribution in [3.8, 4) is 6.07 Å². The lowest BCUT2D eigenvalue weighted by Gasteiger charge is -2.12. The number of hydrogen-bond acceptors (Lipinski definition) is 2. The summed E-state index contributed by atoms with van der Waals surface area (Å²) in [5.41, 5.74) is 0. The monoisotopic (exact) mass is 167 g/mol. The van der Waals surface area contributed by atoms with Gasteiger partial charge in [0.2, 0.25) is 0 Å². The average Bonchev–Trinajstić information content (AvgIpc) is 1.84. The summed E-state index contributed by atoms with van der Waals surface area (Å²) in [5.74, 6) is -0.972. The Morgan fingerprint density at radius 1 is 1.45 bits per heavy atom. The van der Waals surface area contributed by atoms with Crippen molar-refractivity contribution in [2.75, 3.05) is 6.61 Å². The molecule has 0 saturated carbocycles. The van der Waals surface area contributed by atoms with Crippen LogP contribution in [0.2, 0.25) is 0 Å². The van der Waals surface area contributed by atoms with Gasteiger partial charge in [0.1, 0.15) is 0 Å². The van der Waals surface area contributed by atoms with E-state index in [4.69, 9.17) is 10.4 Å². The molecule has 0 saturated heterocycles. The average molecular weight is 167 g/mol. The van der Waals surface area contributed by atoms with Gasteiger partial charge in [-0.05, 0) is 0 Å². The van der Waals surface area contributed by atoms with E-state index < -0.39 is 25.1 Å². The maximum atomic E-state index is 11.6. The maximum absolute atomic E-state index is 11.6. The highest BCUT2D eigenvalue weighted by Gasteiger charge is 2.31. The summed E-state index contributed by atoms with van der Waals surface area (Å²) in [7, 11) is 0. The zero-order chi connectivity index (χ0) is 8.91. The minimum Gasteiger partial charge on any atom is -0.396 e. The molecular formula is C6H8F3NO. The van der Waals surface area contributed by atoms with Crippen molar-refractivity contribution in [2.24, 2.45) is 5.92 Å². The van der Waals surface area contributed by atoms with E-state index in [2.05, 4.69) is 0 Å². The molecule has 0 aromatic carbocycles. The largest absolute Gasteiger partial charge is 0.396 e. The SMILES string of the molecule is N#CC[C@H](CO)CC(F)(F)F. The van der Waals surface area contributed by atoms with Crippen LogP contribution in [-0.4, -0.2) is 17.9 Å². The molecule has 0 aromatic rings. The Balaban J connectivity index is 3.80. The van der Waals surface area contributed by atoms with Crippen LogP contribution in [0, 0.1) is 17.2 Å². The summed E-state index contributed by atoms with van der Waals surface area (Å²) < 4.78 is 34.8. The van der Waals surface area contributed by atoms with Gasteiger partial charge in [-0.1, -0.05) is 0 Å². The van der Waals surface area contributed by atoms with Crippen LogP contribution in [0.5, 0.6) is 0 Å². The van der Waals surface area contributed by atoms with E-state index in [1.165, 1.54) is 0 Å². The highest BCUT2D eigenvalue weighted by molar-refractivity contribution is 4.76. The third-order valence-electron chi connectivity index (χ3n) is 1.16. The molecule has 0 bridgehead atoms. The van der Waals surface area contributed by atoms with Gasteiger partial charge in [0.25, 0.3) is 0 Å². The van der Waals surface area contributed by atoms with Gasteiger partial charge in [0.15, 0.2) is 0 Å². The van der Waals surface area contributed by atoms with Crippen molar-refractivity contribution in [1.29, 1.82) is 5.26 Å². The van der Waals surface area contributed by atoms with Gasteiger partial charge in [-0.2, -0.15) is 18.4 Å². The van der Waals surface area contributed by atoms with E-state index in [0.717, 1.165) is 0 Å². The summed E-state index contributed by atoms with van der Waals surface area (Å²) >= 11 is 0. The molecule has 1 atom stereocenters. The summed E-state index contributed by atoms with van der Waals surface area (Å²) in [6.45, 7) is -0.590. The molecule has 0 aliphatic carbocycles. The van der Waals surface area contributed by atoms with Crippen molar-refractivity contribution in [2.45, 2.75) is 19.0 Å². The fourth-order valence-corrected chi connectivity index (χ4v) is 0.658. The minimum absolute atomic E-state index is 0.254. The van der Waals surface area contributed by atoms with Gasteiger partial charge in [0.05, 0.1) is 6.07 Å². The molecule has 11 heavy (non-hydrogen) atoms. The van der Waals surface area contributed by atoms with Gasteiger partial charge >= 0.3 is 6.18 Å². The van der Waals surface area contributed by atoms with Crippen molar-refractivity contribution in [1.82, 2.24) is 0 Å². The van der Waals surface area contributed by atoms with Crippen LogP contribution in [0.1, 0.15) is 12.8 Å². The number of nitrogens with zero attached hydrogens (tertiary/aromatic N) is 1. The minimum atomic E-state index is -4.29. The van der Waals surface area contributed by atoms with Crippen molar-refractivity contribution < 1.29 is 18.3 Å². The molecule has 64 valence electrons. The van der Waals surface area contributed by atoms with E-state index in [0.29, 0.717) is 0 Å². The zero-order valence-electron chi connectivity index (χ0n) is 5.73. The van der Waals surface area contributed by atoms with E-state index in [9.17, 15) is 13.2 Å². The Morgan fingerprint density at radius 3 is 2.27 bits per heavy atom.